The van der Waals surface area contributed by atoms with Crippen molar-refractivity contribution in [1.29, 1.82) is 0 Å². The van der Waals surface area contributed by atoms with Gasteiger partial charge in [0.15, 0.2) is 0 Å². The lowest BCUT2D eigenvalue weighted by Crippen LogP contribution is -2.14. The van der Waals surface area contributed by atoms with Crippen LogP contribution in [0, 0.1) is 5.95 Å². The number of carbonyl (C=O) groups is 1. The molecule has 1 aromatic heterocycles. The van der Waals surface area contributed by atoms with Crippen molar-refractivity contribution in [2.75, 3.05) is 5.32 Å². The van der Waals surface area contributed by atoms with E-state index in [1.165, 1.54) is 18.2 Å². The highest BCUT2D eigenvalue weighted by Crippen LogP contribution is 2.29. The molecule has 0 saturated carbocycles. The van der Waals surface area contributed by atoms with E-state index < -0.39 is 23.6 Å². The van der Waals surface area contributed by atoms with E-state index in [1.54, 1.807) is 0 Å². The highest BCUT2D eigenvalue weighted by atomic mass is 19.4. The number of alkyl halides is 3. The molecule has 0 bridgehead atoms. The Labute approximate surface area is 117 Å². The highest BCUT2D eigenvalue weighted by molar-refractivity contribution is 5.92. The van der Waals surface area contributed by atoms with E-state index in [2.05, 4.69) is 10.3 Å². The third-order valence-corrected chi connectivity index (χ3v) is 2.66. The standard InChI is InChI=1S/C14H10F4N2O/c15-12-6-5-11(8-19-12)20-13(21)7-9-1-3-10(4-2-9)14(16,17)18/h1-6,8H,7H2,(H,20,21). The summed E-state index contributed by atoms with van der Waals surface area (Å²) >= 11 is 0. The van der Waals surface area contributed by atoms with Gasteiger partial charge in [0.2, 0.25) is 11.9 Å². The quantitative estimate of drug-likeness (QED) is 0.697. The molecule has 3 nitrogen and oxygen atoms in total. The summed E-state index contributed by atoms with van der Waals surface area (Å²) in [6.45, 7) is 0. The molecule has 2 rings (SSSR count). The van der Waals surface area contributed by atoms with Crippen LogP contribution in [0.4, 0.5) is 23.2 Å². The third-order valence-electron chi connectivity index (χ3n) is 2.66. The number of amides is 1. The fourth-order valence-electron chi connectivity index (χ4n) is 1.65. The molecule has 2 aromatic rings. The number of nitrogens with zero attached hydrogens (tertiary/aromatic N) is 1. The molecule has 21 heavy (non-hydrogen) atoms. The number of carbonyl (C=O) groups excluding carboxylic acids is 1. The van der Waals surface area contributed by atoms with E-state index in [0.29, 0.717) is 11.3 Å². The van der Waals surface area contributed by atoms with Gasteiger partial charge < -0.3 is 5.32 Å². The molecule has 0 aliphatic rings. The zero-order valence-corrected chi connectivity index (χ0v) is 10.6. The normalized spacial score (nSPS) is 11.2. The van der Waals surface area contributed by atoms with Gasteiger partial charge in [-0.2, -0.15) is 17.6 Å². The number of halogens is 4. The predicted molar refractivity (Wildman–Crippen MR) is 68.0 cm³/mol. The second-order valence-electron chi connectivity index (χ2n) is 4.29. The summed E-state index contributed by atoms with van der Waals surface area (Å²) in [6, 6.07) is 6.75. The van der Waals surface area contributed by atoms with Crippen LogP contribution >= 0.6 is 0 Å². The van der Waals surface area contributed by atoms with Crippen molar-refractivity contribution >= 4 is 11.6 Å². The third kappa shape index (κ3) is 4.27. The summed E-state index contributed by atoms with van der Waals surface area (Å²) in [6.07, 6.45) is -3.34. The lowest BCUT2D eigenvalue weighted by Gasteiger charge is -2.08. The van der Waals surface area contributed by atoms with Gasteiger partial charge in [0.25, 0.3) is 0 Å². The smallest absolute Gasteiger partial charge is 0.324 e. The molecule has 0 spiro atoms. The summed E-state index contributed by atoms with van der Waals surface area (Å²) in [7, 11) is 0. The van der Waals surface area contributed by atoms with Crippen LogP contribution in [0.15, 0.2) is 42.6 Å². The van der Waals surface area contributed by atoms with E-state index >= 15 is 0 Å². The van der Waals surface area contributed by atoms with Crippen LogP contribution in [0.25, 0.3) is 0 Å². The average molecular weight is 298 g/mol. The first-order valence-corrected chi connectivity index (χ1v) is 5.92. The van der Waals surface area contributed by atoms with Gasteiger partial charge in [-0.05, 0) is 29.8 Å². The van der Waals surface area contributed by atoms with E-state index in [-0.39, 0.29) is 6.42 Å². The van der Waals surface area contributed by atoms with E-state index in [9.17, 15) is 22.4 Å². The molecule has 0 atom stereocenters. The van der Waals surface area contributed by atoms with Gasteiger partial charge in [0.05, 0.1) is 23.9 Å². The van der Waals surface area contributed by atoms with Gasteiger partial charge in [0, 0.05) is 0 Å². The summed E-state index contributed by atoms with van der Waals surface area (Å²) in [5.41, 5.74) is -0.0155. The second kappa shape index (κ2) is 5.90. The Morgan fingerprint density at radius 3 is 2.29 bits per heavy atom. The molecule has 0 fully saturated rings. The molecule has 7 heteroatoms. The maximum absolute atomic E-state index is 12.6. The number of benzene rings is 1. The van der Waals surface area contributed by atoms with Crippen molar-refractivity contribution in [3.63, 3.8) is 0 Å². The predicted octanol–water partition coefficient (Wildman–Crippen LogP) is 3.42. The van der Waals surface area contributed by atoms with Gasteiger partial charge in [0.1, 0.15) is 0 Å². The summed E-state index contributed by atoms with van der Waals surface area (Å²) in [4.78, 5) is 15.1. The van der Waals surface area contributed by atoms with Crippen molar-refractivity contribution in [1.82, 2.24) is 4.98 Å². The molecular weight excluding hydrogens is 288 g/mol. The number of anilines is 1. The molecule has 1 N–H and O–H groups in total. The minimum atomic E-state index is -4.40. The Bertz CT molecular complexity index is 621. The summed E-state index contributed by atoms with van der Waals surface area (Å²) in [5.74, 6) is -1.10. The van der Waals surface area contributed by atoms with Crippen LogP contribution in [0.3, 0.4) is 0 Å². The molecule has 110 valence electrons. The summed E-state index contributed by atoms with van der Waals surface area (Å²) in [5, 5.41) is 2.47. The number of pyridine rings is 1. The minimum Gasteiger partial charge on any atom is -0.324 e. The molecule has 0 saturated heterocycles. The van der Waals surface area contributed by atoms with Gasteiger partial charge in [-0.1, -0.05) is 12.1 Å². The Morgan fingerprint density at radius 2 is 1.76 bits per heavy atom. The Morgan fingerprint density at radius 1 is 1.10 bits per heavy atom. The monoisotopic (exact) mass is 298 g/mol. The highest BCUT2D eigenvalue weighted by Gasteiger charge is 2.29. The Kier molecular flexibility index (Phi) is 4.21. The number of aromatic nitrogens is 1. The number of rotatable bonds is 3. The van der Waals surface area contributed by atoms with Gasteiger partial charge >= 0.3 is 6.18 Å². The number of hydrogen-bond acceptors (Lipinski definition) is 2. The fraction of sp³-hybridized carbons (Fsp3) is 0.143. The van der Waals surface area contributed by atoms with Crippen LogP contribution in [0.5, 0.6) is 0 Å². The van der Waals surface area contributed by atoms with Crippen LogP contribution in [0.1, 0.15) is 11.1 Å². The zero-order valence-electron chi connectivity index (χ0n) is 10.6. The van der Waals surface area contributed by atoms with Crippen molar-refractivity contribution in [3.8, 4) is 0 Å². The topological polar surface area (TPSA) is 42.0 Å². The van der Waals surface area contributed by atoms with Crippen LogP contribution in [-0.2, 0) is 17.4 Å². The average Bonchev–Trinajstić information content (AvgIpc) is 2.41. The van der Waals surface area contributed by atoms with Crippen molar-refractivity contribution < 1.29 is 22.4 Å². The first-order chi connectivity index (χ1) is 9.84. The fourth-order valence-corrected chi connectivity index (χ4v) is 1.65. The van der Waals surface area contributed by atoms with Crippen molar-refractivity contribution in [3.05, 3.63) is 59.7 Å². The zero-order chi connectivity index (χ0) is 15.5. The lowest BCUT2D eigenvalue weighted by molar-refractivity contribution is -0.137. The lowest BCUT2D eigenvalue weighted by atomic mass is 10.1. The largest absolute Gasteiger partial charge is 0.416 e. The van der Waals surface area contributed by atoms with Crippen molar-refractivity contribution in [2.24, 2.45) is 0 Å². The molecule has 0 aliphatic heterocycles. The van der Waals surface area contributed by atoms with Crippen LogP contribution in [0.2, 0.25) is 0 Å². The molecule has 0 radical (unpaired) electrons. The Hall–Kier alpha value is -2.44. The van der Waals surface area contributed by atoms with Crippen LogP contribution < -0.4 is 5.32 Å². The SMILES string of the molecule is O=C(Cc1ccc(C(F)(F)F)cc1)Nc1ccc(F)nc1. The minimum absolute atomic E-state index is 0.0878. The van der Waals surface area contributed by atoms with Crippen LogP contribution in [-0.4, -0.2) is 10.9 Å². The maximum atomic E-state index is 12.6. The van der Waals surface area contributed by atoms with E-state index in [1.807, 2.05) is 0 Å². The van der Waals surface area contributed by atoms with Crippen molar-refractivity contribution in [2.45, 2.75) is 12.6 Å². The maximum Gasteiger partial charge on any atom is 0.416 e. The Balaban J connectivity index is 1.98. The molecular formula is C14H10F4N2O. The summed E-state index contributed by atoms with van der Waals surface area (Å²) < 4.78 is 49.7. The molecule has 1 amide bonds. The first kappa shape index (κ1) is 15.0. The molecule has 0 aliphatic carbocycles. The number of nitrogens with one attached hydrogen (secondary N) is 1. The first-order valence-electron chi connectivity index (χ1n) is 5.92. The number of hydrogen-bond donors (Lipinski definition) is 1. The molecule has 1 heterocycles. The van der Waals surface area contributed by atoms with Gasteiger partial charge in [-0.3, -0.25) is 4.79 Å². The van der Waals surface area contributed by atoms with Gasteiger partial charge in [-0.25, -0.2) is 4.98 Å². The molecule has 1 aromatic carbocycles. The van der Waals surface area contributed by atoms with E-state index in [0.717, 1.165) is 24.4 Å². The van der Waals surface area contributed by atoms with E-state index in [4.69, 9.17) is 0 Å². The molecule has 0 unspecified atom stereocenters. The second-order valence-corrected chi connectivity index (χ2v) is 4.29. The van der Waals surface area contributed by atoms with Gasteiger partial charge in [-0.15, -0.1) is 0 Å².